The Morgan fingerprint density at radius 2 is 2.24 bits per heavy atom. The van der Waals surface area contributed by atoms with Gasteiger partial charge in [0.1, 0.15) is 11.6 Å². The highest BCUT2D eigenvalue weighted by molar-refractivity contribution is 7.19. The monoisotopic (exact) mass is 277 g/mol. The topological polar surface area (TPSA) is 50.2 Å². The SMILES string of the molecule is O=C(O)CC(F)(F)c1cc2nc(Cl)ccc2s1. The molecule has 1 N–H and O–H groups in total. The first-order chi connectivity index (χ1) is 7.88. The number of carbonyl (C=O) groups is 1. The first-order valence-electron chi connectivity index (χ1n) is 4.55. The van der Waals surface area contributed by atoms with Crippen LogP contribution in [0, 0.1) is 0 Å². The lowest BCUT2D eigenvalue weighted by Crippen LogP contribution is -2.16. The maximum absolute atomic E-state index is 13.5. The van der Waals surface area contributed by atoms with E-state index in [2.05, 4.69) is 4.98 Å². The second kappa shape index (κ2) is 4.19. The van der Waals surface area contributed by atoms with Crippen molar-refractivity contribution in [2.75, 3.05) is 0 Å². The molecule has 0 bridgehead atoms. The van der Waals surface area contributed by atoms with E-state index in [0.29, 0.717) is 10.2 Å². The van der Waals surface area contributed by atoms with Crippen LogP contribution < -0.4 is 0 Å². The van der Waals surface area contributed by atoms with Gasteiger partial charge in [0.15, 0.2) is 0 Å². The number of hydrogen-bond donors (Lipinski definition) is 1. The molecule has 90 valence electrons. The van der Waals surface area contributed by atoms with Gasteiger partial charge in [0.25, 0.3) is 5.92 Å². The zero-order valence-corrected chi connectivity index (χ0v) is 9.86. The van der Waals surface area contributed by atoms with Crippen LogP contribution in [0.4, 0.5) is 8.78 Å². The smallest absolute Gasteiger partial charge is 0.309 e. The van der Waals surface area contributed by atoms with Crippen molar-refractivity contribution >= 4 is 39.1 Å². The van der Waals surface area contributed by atoms with E-state index in [-0.39, 0.29) is 10.0 Å². The van der Waals surface area contributed by atoms with E-state index in [1.54, 1.807) is 6.07 Å². The maximum atomic E-state index is 13.5. The normalized spacial score (nSPS) is 11.9. The summed E-state index contributed by atoms with van der Waals surface area (Å²) >= 11 is 6.46. The van der Waals surface area contributed by atoms with Crippen molar-refractivity contribution in [3.63, 3.8) is 0 Å². The van der Waals surface area contributed by atoms with Crippen molar-refractivity contribution in [1.29, 1.82) is 0 Å². The summed E-state index contributed by atoms with van der Waals surface area (Å²) in [5.74, 6) is -4.93. The zero-order valence-electron chi connectivity index (χ0n) is 8.28. The van der Waals surface area contributed by atoms with Gasteiger partial charge in [-0.3, -0.25) is 4.79 Å². The van der Waals surface area contributed by atoms with Gasteiger partial charge >= 0.3 is 5.97 Å². The minimum absolute atomic E-state index is 0.211. The lowest BCUT2D eigenvalue weighted by atomic mass is 10.2. The van der Waals surface area contributed by atoms with E-state index in [9.17, 15) is 13.6 Å². The number of pyridine rings is 1. The molecule has 17 heavy (non-hydrogen) atoms. The number of rotatable bonds is 3. The predicted molar refractivity (Wildman–Crippen MR) is 60.8 cm³/mol. The molecule has 7 heteroatoms. The second-order valence-corrected chi connectivity index (χ2v) is 4.87. The van der Waals surface area contributed by atoms with Crippen molar-refractivity contribution in [3.8, 4) is 0 Å². The average molecular weight is 278 g/mol. The molecule has 0 saturated heterocycles. The summed E-state index contributed by atoms with van der Waals surface area (Å²) in [6.07, 6.45) is -1.23. The first-order valence-corrected chi connectivity index (χ1v) is 5.74. The maximum Gasteiger partial charge on any atom is 0.309 e. The van der Waals surface area contributed by atoms with Gasteiger partial charge < -0.3 is 5.11 Å². The molecule has 0 aromatic carbocycles. The molecular weight excluding hydrogens is 272 g/mol. The van der Waals surface area contributed by atoms with E-state index in [1.165, 1.54) is 12.1 Å². The van der Waals surface area contributed by atoms with E-state index >= 15 is 0 Å². The van der Waals surface area contributed by atoms with Gasteiger partial charge in [0, 0.05) is 0 Å². The Balaban J connectivity index is 2.45. The largest absolute Gasteiger partial charge is 0.481 e. The number of carboxylic acids is 1. The molecule has 0 amide bonds. The van der Waals surface area contributed by atoms with Crippen molar-refractivity contribution in [1.82, 2.24) is 4.98 Å². The van der Waals surface area contributed by atoms with Crippen LogP contribution in [0.2, 0.25) is 5.15 Å². The molecule has 0 unspecified atom stereocenters. The van der Waals surface area contributed by atoms with Gasteiger partial charge in [-0.1, -0.05) is 11.6 Å². The average Bonchev–Trinajstić information content (AvgIpc) is 2.58. The van der Waals surface area contributed by atoms with Crippen LogP contribution in [-0.4, -0.2) is 16.1 Å². The van der Waals surface area contributed by atoms with Crippen molar-refractivity contribution < 1.29 is 18.7 Å². The Morgan fingerprint density at radius 3 is 2.88 bits per heavy atom. The quantitative estimate of drug-likeness (QED) is 0.874. The summed E-state index contributed by atoms with van der Waals surface area (Å²) in [6.45, 7) is 0. The second-order valence-electron chi connectivity index (χ2n) is 3.40. The number of aliphatic carboxylic acids is 1. The third-order valence-electron chi connectivity index (χ3n) is 2.07. The van der Waals surface area contributed by atoms with Crippen LogP contribution >= 0.6 is 22.9 Å². The molecule has 0 fully saturated rings. The van der Waals surface area contributed by atoms with Gasteiger partial charge in [-0.15, -0.1) is 11.3 Å². The van der Waals surface area contributed by atoms with Crippen LogP contribution in [0.25, 0.3) is 10.2 Å². The summed E-state index contributed by atoms with van der Waals surface area (Å²) < 4.78 is 27.6. The number of halogens is 3. The fourth-order valence-corrected chi connectivity index (χ4v) is 2.48. The molecule has 0 spiro atoms. The number of fused-ring (bicyclic) bond motifs is 1. The van der Waals surface area contributed by atoms with Gasteiger partial charge in [0.2, 0.25) is 0 Å². The third kappa shape index (κ3) is 2.53. The lowest BCUT2D eigenvalue weighted by molar-refractivity contribution is -0.145. The molecular formula is C10H6ClF2NO2S. The lowest BCUT2D eigenvalue weighted by Gasteiger charge is -2.10. The number of aromatic nitrogens is 1. The first kappa shape index (κ1) is 12.2. The molecule has 0 radical (unpaired) electrons. The van der Waals surface area contributed by atoms with Gasteiger partial charge in [0.05, 0.1) is 15.1 Å². The number of thiophene rings is 1. The van der Waals surface area contributed by atoms with Crippen molar-refractivity contribution in [2.45, 2.75) is 12.3 Å². The number of hydrogen-bond acceptors (Lipinski definition) is 3. The van der Waals surface area contributed by atoms with Gasteiger partial charge in [-0.2, -0.15) is 8.78 Å². The van der Waals surface area contributed by atoms with Crippen LogP contribution in [0.3, 0.4) is 0 Å². The Hall–Kier alpha value is -1.27. The van der Waals surface area contributed by atoms with Gasteiger partial charge in [-0.25, -0.2) is 4.98 Å². The standard InChI is InChI=1S/C10H6ClF2NO2S/c11-8-2-1-6-5(14-8)3-7(17-6)10(12,13)4-9(15)16/h1-3H,4H2,(H,15,16). The molecule has 2 heterocycles. The Labute approximate surface area is 104 Å². The van der Waals surface area contributed by atoms with E-state index in [4.69, 9.17) is 16.7 Å². The molecule has 2 aromatic heterocycles. The fraction of sp³-hybridized carbons (Fsp3) is 0.200. The predicted octanol–water partition coefficient (Wildman–Crippen LogP) is 3.52. The highest BCUT2D eigenvalue weighted by Gasteiger charge is 2.36. The van der Waals surface area contributed by atoms with Crippen LogP contribution in [0.15, 0.2) is 18.2 Å². The van der Waals surface area contributed by atoms with Crippen LogP contribution in [0.1, 0.15) is 11.3 Å². The summed E-state index contributed by atoms with van der Waals surface area (Å²) in [4.78, 5) is 13.9. The highest BCUT2D eigenvalue weighted by Crippen LogP contribution is 2.39. The molecule has 2 aromatic rings. The molecule has 0 saturated carbocycles. The third-order valence-corrected chi connectivity index (χ3v) is 3.49. The van der Waals surface area contributed by atoms with E-state index in [1.807, 2.05) is 0 Å². The molecule has 3 nitrogen and oxygen atoms in total. The Morgan fingerprint density at radius 1 is 1.53 bits per heavy atom. The van der Waals surface area contributed by atoms with Crippen LogP contribution in [-0.2, 0) is 10.7 Å². The highest BCUT2D eigenvalue weighted by atomic mass is 35.5. The minimum atomic E-state index is -3.39. The summed E-state index contributed by atoms with van der Waals surface area (Å²) in [5.41, 5.74) is 0.350. The van der Waals surface area contributed by atoms with Gasteiger partial charge in [-0.05, 0) is 18.2 Å². The summed E-state index contributed by atoms with van der Waals surface area (Å²) in [5, 5.41) is 8.63. The molecule has 0 atom stereocenters. The van der Waals surface area contributed by atoms with Crippen molar-refractivity contribution in [2.24, 2.45) is 0 Å². The van der Waals surface area contributed by atoms with Crippen molar-refractivity contribution in [3.05, 3.63) is 28.2 Å². The molecule has 0 aliphatic heterocycles. The molecule has 0 aliphatic carbocycles. The van der Waals surface area contributed by atoms with E-state index in [0.717, 1.165) is 11.3 Å². The number of alkyl halides is 2. The van der Waals surface area contributed by atoms with Crippen LogP contribution in [0.5, 0.6) is 0 Å². The summed E-state index contributed by atoms with van der Waals surface area (Å²) in [6, 6.07) is 4.25. The number of carboxylic acid groups (broad SMARTS) is 1. The molecule has 0 aliphatic rings. The van der Waals surface area contributed by atoms with E-state index < -0.39 is 18.3 Å². The minimum Gasteiger partial charge on any atom is -0.481 e. The fourth-order valence-electron chi connectivity index (χ4n) is 1.36. The Kier molecular flexibility index (Phi) is 3.01. The zero-order chi connectivity index (χ0) is 12.6. The molecule has 2 rings (SSSR count). The Bertz CT molecular complexity index is 585. The summed E-state index contributed by atoms with van der Waals surface area (Å²) in [7, 11) is 0. The number of nitrogens with zero attached hydrogens (tertiary/aromatic N) is 1.